The fraction of sp³-hybridized carbons (Fsp3) is 0.533. The predicted octanol–water partition coefficient (Wildman–Crippen LogP) is 3.16. The van der Waals surface area contributed by atoms with Gasteiger partial charge in [0.25, 0.3) is 0 Å². The maximum Gasteiger partial charge on any atom is 0.319 e. The van der Waals surface area contributed by atoms with Gasteiger partial charge >= 0.3 is 6.03 Å². The molecule has 0 unspecified atom stereocenters. The molecule has 1 aromatic rings. The lowest BCUT2D eigenvalue weighted by molar-refractivity contribution is 0.0572. The summed E-state index contributed by atoms with van der Waals surface area (Å²) in [5.74, 6) is 0. The number of carbonyl (C=O) groups excluding carboxylic acids is 1. The molecule has 0 heterocycles. The molecule has 0 spiro atoms. The van der Waals surface area contributed by atoms with Crippen LogP contribution >= 0.6 is 0 Å². The Morgan fingerprint density at radius 2 is 1.95 bits per heavy atom. The summed E-state index contributed by atoms with van der Waals surface area (Å²) in [7, 11) is 0. The average molecular weight is 262 g/mol. The van der Waals surface area contributed by atoms with Crippen LogP contribution in [-0.2, 0) is 4.74 Å². The highest BCUT2D eigenvalue weighted by molar-refractivity contribution is 5.89. The number of para-hydroxylation sites is 1. The topological polar surface area (TPSA) is 50.4 Å². The van der Waals surface area contributed by atoms with Crippen LogP contribution in [0.25, 0.3) is 0 Å². The van der Waals surface area contributed by atoms with Crippen LogP contribution in [0.3, 0.4) is 0 Å². The van der Waals surface area contributed by atoms with Crippen molar-refractivity contribution in [3.05, 3.63) is 30.3 Å². The van der Waals surface area contributed by atoms with Gasteiger partial charge in [0.15, 0.2) is 0 Å². The van der Waals surface area contributed by atoms with Gasteiger partial charge in [0.2, 0.25) is 0 Å². The molecule has 4 nitrogen and oxygen atoms in total. The molecule has 0 aromatic heterocycles. The number of rotatable bonds is 6. The normalized spacial score (nSPS) is 15.4. The fourth-order valence-electron chi connectivity index (χ4n) is 2.28. The first-order chi connectivity index (χ1) is 9.34. The van der Waals surface area contributed by atoms with Gasteiger partial charge in [-0.1, -0.05) is 31.0 Å². The Labute approximate surface area is 114 Å². The molecule has 1 aromatic carbocycles. The number of amides is 2. The molecule has 2 N–H and O–H groups in total. The van der Waals surface area contributed by atoms with E-state index in [4.69, 9.17) is 4.74 Å². The molecule has 0 atom stereocenters. The summed E-state index contributed by atoms with van der Waals surface area (Å²) in [6.07, 6.45) is 6.30. The third-order valence-electron chi connectivity index (χ3n) is 3.29. The van der Waals surface area contributed by atoms with E-state index >= 15 is 0 Å². The van der Waals surface area contributed by atoms with Gasteiger partial charge < -0.3 is 15.4 Å². The fourth-order valence-corrected chi connectivity index (χ4v) is 2.28. The highest BCUT2D eigenvalue weighted by atomic mass is 16.5. The first kappa shape index (κ1) is 13.9. The lowest BCUT2D eigenvalue weighted by Crippen LogP contribution is -2.30. The number of urea groups is 1. The summed E-state index contributed by atoms with van der Waals surface area (Å²) < 4.78 is 5.73. The SMILES string of the molecule is O=C(NCCCOC1CCCC1)Nc1ccccc1. The Morgan fingerprint density at radius 3 is 2.68 bits per heavy atom. The van der Waals surface area contributed by atoms with E-state index in [1.807, 2.05) is 30.3 Å². The van der Waals surface area contributed by atoms with Crippen molar-refractivity contribution in [2.45, 2.75) is 38.2 Å². The van der Waals surface area contributed by atoms with E-state index in [0.29, 0.717) is 12.6 Å². The molecule has 0 bridgehead atoms. The van der Waals surface area contributed by atoms with E-state index < -0.39 is 0 Å². The molecule has 0 aliphatic heterocycles. The average Bonchev–Trinajstić information content (AvgIpc) is 2.92. The van der Waals surface area contributed by atoms with Gasteiger partial charge in [-0.2, -0.15) is 0 Å². The quantitative estimate of drug-likeness (QED) is 0.774. The van der Waals surface area contributed by atoms with Gasteiger partial charge in [-0.05, 0) is 31.4 Å². The molecule has 0 saturated heterocycles. The highest BCUT2D eigenvalue weighted by Gasteiger charge is 2.14. The minimum atomic E-state index is -0.160. The highest BCUT2D eigenvalue weighted by Crippen LogP contribution is 2.20. The van der Waals surface area contributed by atoms with Crippen molar-refractivity contribution < 1.29 is 9.53 Å². The van der Waals surface area contributed by atoms with E-state index in [1.54, 1.807) is 0 Å². The van der Waals surface area contributed by atoms with Crippen molar-refractivity contribution in [2.75, 3.05) is 18.5 Å². The number of anilines is 1. The van der Waals surface area contributed by atoms with Crippen molar-refractivity contribution in [3.63, 3.8) is 0 Å². The van der Waals surface area contributed by atoms with E-state index in [9.17, 15) is 4.79 Å². The maximum absolute atomic E-state index is 11.6. The first-order valence-corrected chi connectivity index (χ1v) is 7.06. The van der Waals surface area contributed by atoms with E-state index in [2.05, 4.69) is 10.6 Å². The van der Waals surface area contributed by atoms with Crippen LogP contribution in [0.5, 0.6) is 0 Å². The Kier molecular flexibility index (Phi) is 5.69. The number of carbonyl (C=O) groups is 1. The van der Waals surface area contributed by atoms with Crippen LogP contribution in [0.15, 0.2) is 30.3 Å². The van der Waals surface area contributed by atoms with Crippen molar-refractivity contribution in [1.29, 1.82) is 0 Å². The number of benzene rings is 1. The lowest BCUT2D eigenvalue weighted by Gasteiger charge is -2.11. The Bertz CT molecular complexity index is 375. The van der Waals surface area contributed by atoms with Crippen molar-refractivity contribution >= 4 is 11.7 Å². The maximum atomic E-state index is 11.6. The van der Waals surface area contributed by atoms with E-state index in [0.717, 1.165) is 18.7 Å². The summed E-state index contributed by atoms with van der Waals surface area (Å²) in [5, 5.41) is 5.61. The van der Waals surface area contributed by atoms with Crippen LogP contribution in [0.1, 0.15) is 32.1 Å². The van der Waals surface area contributed by atoms with Crippen molar-refractivity contribution in [2.24, 2.45) is 0 Å². The summed E-state index contributed by atoms with van der Waals surface area (Å²) >= 11 is 0. The molecule has 1 aliphatic rings. The summed E-state index contributed by atoms with van der Waals surface area (Å²) in [5.41, 5.74) is 0.808. The molecule has 2 rings (SSSR count). The Balaban J connectivity index is 1.51. The van der Waals surface area contributed by atoms with E-state index in [-0.39, 0.29) is 6.03 Å². The van der Waals surface area contributed by atoms with Crippen LogP contribution in [-0.4, -0.2) is 25.3 Å². The standard InChI is InChI=1S/C15H22N2O2/c18-15(17-13-7-2-1-3-8-13)16-11-6-12-19-14-9-4-5-10-14/h1-3,7-8,14H,4-6,9-12H2,(H2,16,17,18). The zero-order valence-corrected chi connectivity index (χ0v) is 11.2. The second kappa shape index (κ2) is 7.79. The molecular weight excluding hydrogens is 240 g/mol. The molecule has 19 heavy (non-hydrogen) atoms. The first-order valence-electron chi connectivity index (χ1n) is 7.06. The number of nitrogens with one attached hydrogen (secondary N) is 2. The second-order valence-corrected chi connectivity index (χ2v) is 4.88. The van der Waals surface area contributed by atoms with Crippen molar-refractivity contribution in [3.8, 4) is 0 Å². The minimum Gasteiger partial charge on any atom is -0.378 e. The predicted molar refractivity (Wildman–Crippen MR) is 76.3 cm³/mol. The zero-order chi connectivity index (χ0) is 13.3. The van der Waals surface area contributed by atoms with Crippen LogP contribution in [0.2, 0.25) is 0 Å². The number of hydrogen-bond donors (Lipinski definition) is 2. The molecule has 4 heteroatoms. The molecule has 1 fully saturated rings. The lowest BCUT2D eigenvalue weighted by atomic mass is 10.3. The van der Waals surface area contributed by atoms with Gasteiger partial charge in [0, 0.05) is 18.8 Å². The van der Waals surface area contributed by atoms with Gasteiger partial charge in [-0.25, -0.2) is 4.79 Å². The molecular formula is C15H22N2O2. The van der Waals surface area contributed by atoms with Crippen LogP contribution in [0.4, 0.5) is 10.5 Å². The summed E-state index contributed by atoms with van der Waals surface area (Å²) in [6, 6.07) is 9.28. The third kappa shape index (κ3) is 5.30. The molecule has 104 valence electrons. The second-order valence-electron chi connectivity index (χ2n) is 4.88. The third-order valence-corrected chi connectivity index (χ3v) is 3.29. The molecule has 1 saturated carbocycles. The molecule has 1 aliphatic carbocycles. The smallest absolute Gasteiger partial charge is 0.319 e. The van der Waals surface area contributed by atoms with Gasteiger partial charge in [-0.3, -0.25) is 0 Å². The van der Waals surface area contributed by atoms with Gasteiger partial charge in [0.05, 0.1) is 6.10 Å². The molecule has 2 amide bonds. The Hall–Kier alpha value is -1.55. The van der Waals surface area contributed by atoms with Crippen LogP contribution < -0.4 is 10.6 Å². The van der Waals surface area contributed by atoms with Crippen molar-refractivity contribution in [1.82, 2.24) is 5.32 Å². The minimum absolute atomic E-state index is 0.160. The van der Waals surface area contributed by atoms with E-state index in [1.165, 1.54) is 25.7 Å². The Morgan fingerprint density at radius 1 is 1.21 bits per heavy atom. The number of ether oxygens (including phenoxy) is 1. The largest absolute Gasteiger partial charge is 0.378 e. The van der Waals surface area contributed by atoms with Gasteiger partial charge in [0.1, 0.15) is 0 Å². The molecule has 0 radical (unpaired) electrons. The van der Waals surface area contributed by atoms with Gasteiger partial charge in [-0.15, -0.1) is 0 Å². The monoisotopic (exact) mass is 262 g/mol. The zero-order valence-electron chi connectivity index (χ0n) is 11.2. The number of hydrogen-bond acceptors (Lipinski definition) is 2. The summed E-state index contributed by atoms with van der Waals surface area (Å²) in [6.45, 7) is 1.38. The van der Waals surface area contributed by atoms with Crippen LogP contribution in [0, 0.1) is 0 Å². The summed E-state index contributed by atoms with van der Waals surface area (Å²) in [4.78, 5) is 11.6.